The van der Waals surface area contributed by atoms with Gasteiger partial charge in [-0.3, -0.25) is 4.90 Å². The first-order valence-electron chi connectivity index (χ1n) is 16.4. The second-order valence-electron chi connectivity index (χ2n) is 13.2. The number of carbonyl (C=O) groups excluding carboxylic acids is 2. The SMILES string of the molecule is CC(C)[C@@H](C(=O)O)N(CC(CSC(c1ccccc1)(c1ccccc1)c1ccccc1)NC(=O)OC(C)(C)C)C(=O)OCc1ccccc1. The smallest absolute Gasteiger partial charge is 0.410 e. The van der Waals surface area contributed by atoms with Gasteiger partial charge in [-0.1, -0.05) is 135 Å². The van der Waals surface area contributed by atoms with Crippen LogP contribution in [0.1, 0.15) is 56.9 Å². The van der Waals surface area contributed by atoms with Gasteiger partial charge in [-0.05, 0) is 48.9 Å². The third-order valence-electron chi connectivity index (χ3n) is 7.84. The first-order valence-corrected chi connectivity index (χ1v) is 17.4. The van der Waals surface area contributed by atoms with Gasteiger partial charge in [0.2, 0.25) is 0 Å². The predicted octanol–water partition coefficient (Wildman–Crippen LogP) is 8.35. The van der Waals surface area contributed by atoms with E-state index in [2.05, 4.69) is 41.7 Å². The number of thioether (sulfide) groups is 1. The molecule has 4 aromatic carbocycles. The van der Waals surface area contributed by atoms with Crippen molar-refractivity contribution in [3.05, 3.63) is 144 Å². The van der Waals surface area contributed by atoms with Crippen molar-refractivity contribution < 1.29 is 29.0 Å². The van der Waals surface area contributed by atoms with Gasteiger partial charge in [0, 0.05) is 12.3 Å². The zero-order chi connectivity index (χ0) is 35.4. The Morgan fingerprint density at radius 1 is 0.755 bits per heavy atom. The second-order valence-corrected chi connectivity index (χ2v) is 14.4. The summed E-state index contributed by atoms with van der Waals surface area (Å²) >= 11 is 1.59. The molecule has 0 radical (unpaired) electrons. The molecule has 0 aliphatic carbocycles. The normalized spacial score (nSPS) is 12.9. The van der Waals surface area contributed by atoms with Gasteiger partial charge in [0.15, 0.2) is 0 Å². The number of carbonyl (C=O) groups is 3. The molecule has 0 aliphatic rings. The molecule has 9 heteroatoms. The van der Waals surface area contributed by atoms with E-state index in [0.29, 0.717) is 0 Å². The Kier molecular flexibility index (Phi) is 12.9. The highest BCUT2D eigenvalue weighted by atomic mass is 32.2. The third kappa shape index (κ3) is 10.1. The van der Waals surface area contributed by atoms with Crippen LogP contribution in [-0.4, -0.2) is 58.1 Å². The number of rotatable bonds is 14. The minimum atomic E-state index is -1.21. The summed E-state index contributed by atoms with van der Waals surface area (Å²) in [7, 11) is 0. The molecule has 1 unspecified atom stereocenters. The van der Waals surface area contributed by atoms with Gasteiger partial charge >= 0.3 is 18.2 Å². The van der Waals surface area contributed by atoms with Crippen molar-refractivity contribution in [3.8, 4) is 0 Å². The Morgan fingerprint density at radius 2 is 1.20 bits per heavy atom. The summed E-state index contributed by atoms with van der Waals surface area (Å²) in [6.45, 7) is 8.64. The number of carboxylic acids is 1. The highest BCUT2D eigenvalue weighted by molar-refractivity contribution is 8.00. The van der Waals surface area contributed by atoms with Crippen LogP contribution in [0.5, 0.6) is 0 Å². The number of nitrogens with zero attached hydrogens (tertiary/aromatic N) is 1. The zero-order valence-corrected chi connectivity index (χ0v) is 29.6. The van der Waals surface area contributed by atoms with E-state index in [0.717, 1.165) is 22.3 Å². The summed E-state index contributed by atoms with van der Waals surface area (Å²) in [6.07, 6.45) is -1.46. The highest BCUT2D eigenvalue weighted by Gasteiger charge is 2.40. The minimum Gasteiger partial charge on any atom is -0.480 e. The van der Waals surface area contributed by atoms with Gasteiger partial charge in [-0.15, -0.1) is 11.8 Å². The Balaban J connectivity index is 1.77. The van der Waals surface area contributed by atoms with Crippen LogP contribution in [0.4, 0.5) is 9.59 Å². The molecule has 2 atom stereocenters. The van der Waals surface area contributed by atoms with E-state index in [4.69, 9.17) is 9.47 Å². The summed E-state index contributed by atoms with van der Waals surface area (Å²) in [5.74, 6) is -1.33. The molecule has 0 saturated heterocycles. The maximum atomic E-state index is 13.8. The molecule has 2 N–H and O–H groups in total. The van der Waals surface area contributed by atoms with Crippen molar-refractivity contribution in [2.24, 2.45) is 5.92 Å². The summed E-state index contributed by atoms with van der Waals surface area (Å²) < 4.78 is 10.6. The lowest BCUT2D eigenvalue weighted by molar-refractivity contribution is -0.144. The molecule has 0 bridgehead atoms. The maximum Gasteiger partial charge on any atom is 0.410 e. The van der Waals surface area contributed by atoms with Crippen molar-refractivity contribution in [2.45, 2.75) is 63.7 Å². The van der Waals surface area contributed by atoms with Crippen molar-refractivity contribution in [2.75, 3.05) is 12.3 Å². The number of amides is 2. The number of alkyl carbamates (subject to hydrolysis) is 1. The quantitative estimate of drug-likeness (QED) is 0.129. The fourth-order valence-electron chi connectivity index (χ4n) is 5.73. The maximum absolute atomic E-state index is 13.8. The number of hydrogen-bond acceptors (Lipinski definition) is 6. The van der Waals surface area contributed by atoms with E-state index < -0.39 is 46.5 Å². The van der Waals surface area contributed by atoms with Crippen LogP contribution in [0.3, 0.4) is 0 Å². The highest BCUT2D eigenvalue weighted by Crippen LogP contribution is 2.48. The number of nitrogens with one attached hydrogen (secondary N) is 1. The van der Waals surface area contributed by atoms with Crippen LogP contribution in [0.2, 0.25) is 0 Å². The zero-order valence-electron chi connectivity index (χ0n) is 28.7. The molecule has 4 aromatic rings. The fraction of sp³-hybridized carbons (Fsp3) is 0.325. The Morgan fingerprint density at radius 3 is 1.61 bits per heavy atom. The van der Waals surface area contributed by atoms with Gasteiger partial charge < -0.3 is 19.9 Å². The standard InChI is InChI=1S/C40H46N2O6S/c1-29(2)35(36(43)44)42(38(46)47-27-30-18-10-6-11-19-30)26-34(41-37(45)48-39(3,4)5)28-49-40(31-20-12-7-13-21-31,32-22-14-8-15-23-32)33-24-16-9-17-25-33/h6-25,29,34-35H,26-28H2,1-5H3,(H,41,45)(H,43,44)/t34?,35-/m0/s1. The van der Waals surface area contributed by atoms with Crippen LogP contribution in [0.15, 0.2) is 121 Å². The van der Waals surface area contributed by atoms with Gasteiger partial charge in [-0.2, -0.15) is 0 Å². The van der Waals surface area contributed by atoms with Crippen molar-refractivity contribution in [1.82, 2.24) is 10.2 Å². The van der Waals surface area contributed by atoms with E-state index in [9.17, 15) is 19.5 Å². The number of aliphatic carboxylic acids is 1. The van der Waals surface area contributed by atoms with Gasteiger partial charge in [-0.25, -0.2) is 14.4 Å². The molecule has 2 amide bonds. The average Bonchev–Trinajstić information content (AvgIpc) is 3.08. The van der Waals surface area contributed by atoms with Gasteiger partial charge in [0.05, 0.1) is 10.8 Å². The fourth-order valence-corrected chi connectivity index (χ4v) is 7.28. The molecule has 0 aromatic heterocycles. The number of benzene rings is 4. The van der Waals surface area contributed by atoms with Gasteiger partial charge in [0.1, 0.15) is 18.2 Å². The number of hydrogen-bond donors (Lipinski definition) is 2. The molecule has 258 valence electrons. The minimum absolute atomic E-state index is 0.0291. The van der Waals surface area contributed by atoms with Crippen molar-refractivity contribution >= 4 is 29.9 Å². The predicted molar refractivity (Wildman–Crippen MR) is 194 cm³/mol. The Labute approximate surface area is 293 Å². The van der Waals surface area contributed by atoms with Gasteiger partial charge in [0.25, 0.3) is 0 Å². The lowest BCUT2D eigenvalue weighted by atomic mass is 9.84. The molecule has 0 fully saturated rings. The van der Waals surface area contributed by atoms with Crippen LogP contribution >= 0.6 is 11.8 Å². The molecular weight excluding hydrogens is 637 g/mol. The molecular formula is C40H46N2O6S. The molecule has 0 heterocycles. The van der Waals surface area contributed by atoms with Crippen molar-refractivity contribution in [1.29, 1.82) is 0 Å². The lowest BCUT2D eigenvalue weighted by Gasteiger charge is -2.38. The lowest BCUT2D eigenvalue weighted by Crippen LogP contribution is -2.55. The van der Waals surface area contributed by atoms with Crippen LogP contribution in [0, 0.1) is 5.92 Å². The molecule has 4 rings (SSSR count). The van der Waals surface area contributed by atoms with Crippen LogP contribution in [-0.2, 0) is 25.6 Å². The molecule has 0 spiro atoms. The van der Waals surface area contributed by atoms with E-state index in [-0.39, 0.29) is 18.9 Å². The molecule has 49 heavy (non-hydrogen) atoms. The average molecular weight is 683 g/mol. The number of ether oxygens (including phenoxy) is 2. The number of carboxylic acid groups (broad SMARTS) is 1. The first kappa shape index (κ1) is 37.1. The summed E-state index contributed by atoms with van der Waals surface area (Å²) in [4.78, 5) is 41.0. The molecule has 8 nitrogen and oxygen atoms in total. The van der Waals surface area contributed by atoms with E-state index in [1.165, 1.54) is 4.90 Å². The summed E-state index contributed by atoms with van der Waals surface area (Å²) in [6, 6.07) is 37.6. The molecule has 0 aliphatic heterocycles. The Bertz CT molecular complexity index is 1530. The topological polar surface area (TPSA) is 105 Å². The largest absolute Gasteiger partial charge is 0.480 e. The van der Waals surface area contributed by atoms with E-state index >= 15 is 0 Å². The van der Waals surface area contributed by atoms with Crippen LogP contribution in [0.25, 0.3) is 0 Å². The summed E-state index contributed by atoms with van der Waals surface area (Å²) in [5, 5.41) is 13.3. The van der Waals surface area contributed by atoms with Crippen molar-refractivity contribution in [3.63, 3.8) is 0 Å². The van der Waals surface area contributed by atoms with E-state index in [1.54, 1.807) is 46.4 Å². The summed E-state index contributed by atoms with van der Waals surface area (Å²) in [5.41, 5.74) is 3.07. The monoisotopic (exact) mass is 682 g/mol. The van der Waals surface area contributed by atoms with E-state index in [1.807, 2.05) is 84.9 Å². The third-order valence-corrected chi connectivity index (χ3v) is 9.55. The van der Waals surface area contributed by atoms with Crippen LogP contribution < -0.4 is 5.32 Å². The Hall–Kier alpha value is -4.76. The second kappa shape index (κ2) is 17.1. The molecule has 0 saturated carbocycles. The first-order chi connectivity index (χ1) is 23.4.